The van der Waals surface area contributed by atoms with Gasteiger partial charge < -0.3 is 19.9 Å². The van der Waals surface area contributed by atoms with Gasteiger partial charge in [0, 0.05) is 30.4 Å². The summed E-state index contributed by atoms with van der Waals surface area (Å²) in [5, 5.41) is 15.0. The average Bonchev–Trinajstić information content (AvgIpc) is 3.37. The van der Waals surface area contributed by atoms with Crippen LogP contribution in [-0.4, -0.2) is 72.2 Å². The number of benzene rings is 1. The summed E-state index contributed by atoms with van der Waals surface area (Å²) in [6.07, 6.45) is 1.58. The maximum Gasteiger partial charge on any atom is 0.338 e. The highest BCUT2D eigenvalue weighted by Crippen LogP contribution is 2.38. The maximum atomic E-state index is 14.4. The van der Waals surface area contributed by atoms with E-state index >= 15 is 0 Å². The number of halogens is 3. The van der Waals surface area contributed by atoms with Crippen molar-refractivity contribution in [2.75, 3.05) is 33.4 Å². The number of nitrogens with zero attached hydrogens (tertiary/aromatic N) is 3. The number of carboxylic acid groups (broad SMARTS) is 1. The summed E-state index contributed by atoms with van der Waals surface area (Å²) >= 11 is 4.37. The van der Waals surface area contributed by atoms with Crippen molar-refractivity contribution in [2.24, 2.45) is 4.99 Å². The molecule has 1 saturated heterocycles. The number of hydrogen-bond donors (Lipinski definition) is 2. The van der Waals surface area contributed by atoms with Crippen LogP contribution in [0.2, 0.25) is 0 Å². The number of aliphatic carboxylic acids is 1. The fourth-order valence-corrected chi connectivity index (χ4v) is 4.88. The Kier molecular flexibility index (Phi) is 7.36. The Bertz CT molecular complexity index is 1170. The summed E-state index contributed by atoms with van der Waals surface area (Å²) in [6, 6.07) is 0.276. The van der Waals surface area contributed by atoms with Crippen LogP contribution in [0.5, 0.6) is 0 Å². The van der Waals surface area contributed by atoms with Gasteiger partial charge in [0.1, 0.15) is 12.1 Å². The van der Waals surface area contributed by atoms with E-state index in [0.717, 1.165) is 6.07 Å². The summed E-state index contributed by atoms with van der Waals surface area (Å²) in [5.41, 5.74) is 0.566. The van der Waals surface area contributed by atoms with Gasteiger partial charge in [-0.3, -0.25) is 14.7 Å². The lowest BCUT2D eigenvalue weighted by atomic mass is 9.95. The molecule has 1 aromatic heterocycles. The van der Waals surface area contributed by atoms with E-state index in [1.165, 1.54) is 24.5 Å². The Hall–Kier alpha value is -2.74. The number of carbonyl (C=O) groups is 2. The lowest BCUT2D eigenvalue weighted by Gasteiger charge is -2.35. The van der Waals surface area contributed by atoms with Crippen LogP contribution in [0.4, 0.5) is 8.78 Å². The molecule has 180 valence electrons. The molecule has 2 aliphatic heterocycles. The third-order valence-corrected chi connectivity index (χ3v) is 7.00. The molecule has 2 aromatic rings. The van der Waals surface area contributed by atoms with E-state index in [4.69, 9.17) is 9.47 Å². The second-order valence-electron chi connectivity index (χ2n) is 7.39. The second kappa shape index (κ2) is 10.3. The van der Waals surface area contributed by atoms with Crippen molar-refractivity contribution in [1.29, 1.82) is 0 Å². The Labute approximate surface area is 205 Å². The molecule has 4 rings (SSSR count). The molecule has 0 saturated carbocycles. The number of aromatic nitrogens is 1. The largest absolute Gasteiger partial charge is 0.480 e. The minimum atomic E-state index is -1.12. The molecule has 0 radical (unpaired) electrons. The Morgan fingerprint density at radius 3 is 2.88 bits per heavy atom. The number of rotatable bonds is 6. The SMILES string of the molecule is COC(=O)C1=C(CN2CCOC[C@H]2C(=O)O)NC(c2nccs2)=N[C@H]1c1ccc(F)c(F)c1Br. The number of carboxylic acids is 1. The maximum absolute atomic E-state index is 14.4. The van der Waals surface area contributed by atoms with E-state index in [1.54, 1.807) is 16.5 Å². The first kappa shape index (κ1) is 24.4. The molecule has 0 spiro atoms. The first-order valence-electron chi connectivity index (χ1n) is 10.1. The molecule has 3 heterocycles. The van der Waals surface area contributed by atoms with E-state index in [2.05, 4.69) is 31.2 Å². The zero-order valence-electron chi connectivity index (χ0n) is 17.8. The number of carbonyl (C=O) groups excluding carboxylic acids is 1. The molecule has 2 N–H and O–H groups in total. The minimum Gasteiger partial charge on any atom is -0.480 e. The quantitative estimate of drug-likeness (QED) is 0.412. The van der Waals surface area contributed by atoms with Crippen LogP contribution in [0.25, 0.3) is 0 Å². The Morgan fingerprint density at radius 2 is 2.21 bits per heavy atom. The van der Waals surface area contributed by atoms with Gasteiger partial charge in [-0.25, -0.2) is 18.6 Å². The van der Waals surface area contributed by atoms with Crippen LogP contribution in [-0.2, 0) is 19.1 Å². The fraction of sp³-hybridized carbons (Fsp3) is 0.333. The number of methoxy groups -OCH3 is 1. The van der Waals surface area contributed by atoms with E-state index < -0.39 is 35.7 Å². The molecule has 9 nitrogen and oxygen atoms in total. The van der Waals surface area contributed by atoms with Crippen molar-refractivity contribution in [3.63, 3.8) is 0 Å². The molecule has 13 heteroatoms. The second-order valence-corrected chi connectivity index (χ2v) is 9.08. The predicted molar refractivity (Wildman–Crippen MR) is 121 cm³/mol. The molecule has 0 amide bonds. The highest BCUT2D eigenvalue weighted by atomic mass is 79.9. The molecule has 0 bridgehead atoms. The average molecular weight is 557 g/mol. The van der Waals surface area contributed by atoms with Crippen LogP contribution in [0.1, 0.15) is 16.6 Å². The van der Waals surface area contributed by atoms with E-state index in [9.17, 15) is 23.5 Å². The van der Waals surface area contributed by atoms with Crippen LogP contribution >= 0.6 is 27.3 Å². The van der Waals surface area contributed by atoms with E-state index in [0.29, 0.717) is 29.7 Å². The summed E-state index contributed by atoms with van der Waals surface area (Å²) in [7, 11) is 1.19. The third kappa shape index (κ3) is 4.73. The summed E-state index contributed by atoms with van der Waals surface area (Å²) < 4.78 is 38.3. The topological polar surface area (TPSA) is 113 Å². The molecular formula is C21H19BrF2N4O5S. The first-order chi connectivity index (χ1) is 16.3. The van der Waals surface area contributed by atoms with Crippen molar-refractivity contribution in [3.05, 3.63) is 61.7 Å². The van der Waals surface area contributed by atoms with Crippen molar-refractivity contribution >= 4 is 45.0 Å². The standard InChI is InChI=1S/C21H19BrF2N4O5S/c1-32-21(31)14-12(8-28-5-6-33-9-13(28)20(29)30)26-18(19-25-4-7-34-19)27-17(14)10-2-3-11(23)16(24)15(10)22/h2-4,7,13,17H,5-6,8-9H2,1H3,(H,26,27)(H,29,30)/t13-,17-/m0/s1. The van der Waals surface area contributed by atoms with E-state index in [-0.39, 0.29) is 28.8 Å². The number of ether oxygens (including phenoxy) is 2. The molecule has 34 heavy (non-hydrogen) atoms. The summed E-state index contributed by atoms with van der Waals surface area (Å²) in [6.45, 7) is 0.630. The predicted octanol–water partition coefficient (Wildman–Crippen LogP) is 2.49. The first-order valence-corrected chi connectivity index (χ1v) is 11.7. The van der Waals surface area contributed by atoms with Gasteiger partial charge in [0.2, 0.25) is 0 Å². The number of nitrogens with one attached hydrogen (secondary N) is 1. The zero-order chi connectivity index (χ0) is 24.4. The summed E-state index contributed by atoms with van der Waals surface area (Å²) in [5.74, 6) is -3.68. The van der Waals surface area contributed by atoms with Crippen molar-refractivity contribution in [3.8, 4) is 0 Å². The van der Waals surface area contributed by atoms with Crippen molar-refractivity contribution < 1.29 is 33.0 Å². The normalized spacial score (nSPS) is 21.1. The van der Waals surface area contributed by atoms with Gasteiger partial charge in [0.15, 0.2) is 22.5 Å². The molecule has 1 fully saturated rings. The third-order valence-electron chi connectivity index (χ3n) is 5.41. The lowest BCUT2D eigenvalue weighted by molar-refractivity contribution is -0.149. The van der Waals surface area contributed by atoms with Crippen molar-refractivity contribution in [2.45, 2.75) is 12.1 Å². The van der Waals surface area contributed by atoms with Gasteiger partial charge in [-0.05, 0) is 27.6 Å². The molecule has 0 unspecified atom stereocenters. The van der Waals surface area contributed by atoms with Gasteiger partial charge in [0.25, 0.3) is 0 Å². The van der Waals surface area contributed by atoms with Gasteiger partial charge in [-0.15, -0.1) is 11.3 Å². The summed E-state index contributed by atoms with van der Waals surface area (Å²) in [4.78, 5) is 35.2. The van der Waals surface area contributed by atoms with Gasteiger partial charge in [-0.2, -0.15) is 0 Å². The fourth-order valence-electron chi connectivity index (χ4n) is 3.75. The van der Waals surface area contributed by atoms with E-state index in [1.807, 2.05) is 0 Å². The number of amidine groups is 1. The van der Waals surface area contributed by atoms with Gasteiger partial charge in [0.05, 0.1) is 30.4 Å². The van der Waals surface area contributed by atoms with Gasteiger partial charge >= 0.3 is 11.9 Å². The number of esters is 1. The lowest BCUT2D eigenvalue weighted by Crippen LogP contribution is -2.52. The number of thiazole rings is 1. The highest BCUT2D eigenvalue weighted by molar-refractivity contribution is 9.10. The number of morpholine rings is 1. The Morgan fingerprint density at radius 1 is 1.41 bits per heavy atom. The van der Waals surface area contributed by atoms with Gasteiger partial charge in [-0.1, -0.05) is 6.07 Å². The van der Waals surface area contributed by atoms with Crippen LogP contribution < -0.4 is 5.32 Å². The van der Waals surface area contributed by atoms with Crippen LogP contribution in [0.3, 0.4) is 0 Å². The monoisotopic (exact) mass is 556 g/mol. The van der Waals surface area contributed by atoms with Crippen LogP contribution in [0.15, 0.2) is 44.4 Å². The molecule has 2 aliphatic rings. The number of aliphatic imine (C=N–C) groups is 1. The Balaban J connectivity index is 1.85. The minimum absolute atomic E-state index is 0.0122. The molecule has 2 atom stereocenters. The van der Waals surface area contributed by atoms with Crippen molar-refractivity contribution in [1.82, 2.24) is 15.2 Å². The highest BCUT2D eigenvalue weighted by Gasteiger charge is 2.37. The zero-order valence-corrected chi connectivity index (χ0v) is 20.2. The van der Waals surface area contributed by atoms with Crippen LogP contribution in [0, 0.1) is 11.6 Å². The molecule has 0 aliphatic carbocycles. The molecule has 1 aromatic carbocycles. The smallest absolute Gasteiger partial charge is 0.338 e. The number of hydrogen-bond acceptors (Lipinski definition) is 9. The molecular weight excluding hydrogens is 538 g/mol.